The van der Waals surface area contributed by atoms with Gasteiger partial charge in [0.15, 0.2) is 0 Å². The maximum Gasteiger partial charge on any atom is 0.0541 e. The summed E-state index contributed by atoms with van der Waals surface area (Å²) in [6.07, 6.45) is 0. The van der Waals surface area contributed by atoms with Crippen molar-refractivity contribution in [1.82, 2.24) is 4.57 Å². The maximum atomic E-state index is 2.42. The monoisotopic (exact) mass is 814 g/mol. The summed E-state index contributed by atoms with van der Waals surface area (Å²) < 4.78 is 2.42. The molecule has 0 saturated carbocycles. The zero-order valence-electron chi connectivity index (χ0n) is 35.1. The molecule has 0 unspecified atom stereocenters. The van der Waals surface area contributed by atoms with Gasteiger partial charge in [0, 0.05) is 33.4 Å². The summed E-state index contributed by atoms with van der Waals surface area (Å²) in [6, 6.07) is 92.6. The van der Waals surface area contributed by atoms with Crippen LogP contribution >= 0.6 is 0 Å². The van der Waals surface area contributed by atoms with Gasteiger partial charge in [0.05, 0.1) is 16.7 Å². The Morgan fingerprint density at radius 2 is 0.703 bits per heavy atom. The highest BCUT2D eigenvalue weighted by atomic mass is 15.1. The molecule has 0 saturated heterocycles. The van der Waals surface area contributed by atoms with E-state index in [1.54, 1.807) is 0 Å². The molecule has 0 aliphatic heterocycles. The van der Waals surface area contributed by atoms with Gasteiger partial charge in [-0.2, -0.15) is 0 Å². The first-order chi connectivity index (χ1) is 31.7. The number of nitrogens with zero attached hydrogens (tertiary/aromatic N) is 2. The highest BCUT2D eigenvalue weighted by Gasteiger charge is 2.17. The van der Waals surface area contributed by atoms with Crippen molar-refractivity contribution >= 4 is 60.4 Å². The van der Waals surface area contributed by atoms with E-state index in [9.17, 15) is 0 Å². The Morgan fingerprint density at radius 1 is 0.250 bits per heavy atom. The van der Waals surface area contributed by atoms with Crippen LogP contribution in [0.5, 0.6) is 0 Å². The van der Waals surface area contributed by atoms with E-state index in [1.165, 1.54) is 88.0 Å². The van der Waals surface area contributed by atoms with Crippen LogP contribution in [-0.4, -0.2) is 4.57 Å². The normalized spacial score (nSPS) is 11.4. The maximum absolute atomic E-state index is 2.42. The lowest BCUT2D eigenvalue weighted by Crippen LogP contribution is -2.09. The summed E-state index contributed by atoms with van der Waals surface area (Å²) in [6.45, 7) is 0. The van der Waals surface area contributed by atoms with Gasteiger partial charge in [-0.25, -0.2) is 0 Å². The Kier molecular flexibility index (Phi) is 9.20. The Labute approximate surface area is 373 Å². The minimum atomic E-state index is 1.09. The summed E-state index contributed by atoms with van der Waals surface area (Å²) in [5, 5.41) is 7.52. The quantitative estimate of drug-likeness (QED) is 0.148. The van der Waals surface area contributed by atoms with E-state index in [-0.39, 0.29) is 0 Å². The summed E-state index contributed by atoms with van der Waals surface area (Å²) >= 11 is 0. The third kappa shape index (κ3) is 6.61. The van der Waals surface area contributed by atoms with Crippen LogP contribution in [0.1, 0.15) is 0 Å². The van der Waals surface area contributed by atoms with E-state index in [0.29, 0.717) is 0 Å². The van der Waals surface area contributed by atoms with E-state index >= 15 is 0 Å². The van der Waals surface area contributed by atoms with E-state index < -0.39 is 0 Å². The zero-order valence-corrected chi connectivity index (χ0v) is 35.1. The highest BCUT2D eigenvalue weighted by Crippen LogP contribution is 2.41. The van der Waals surface area contributed by atoms with Crippen molar-refractivity contribution in [2.75, 3.05) is 4.90 Å². The molecule has 0 N–H and O–H groups in total. The molecular weight excluding hydrogens is 773 g/mol. The largest absolute Gasteiger partial charge is 0.311 e. The fourth-order valence-corrected chi connectivity index (χ4v) is 9.65. The first-order valence-electron chi connectivity index (χ1n) is 22.0. The second-order valence-corrected chi connectivity index (χ2v) is 16.5. The summed E-state index contributed by atoms with van der Waals surface area (Å²) in [5.41, 5.74) is 16.4. The molecule has 0 amide bonds. The van der Waals surface area contributed by atoms with Gasteiger partial charge in [0.25, 0.3) is 0 Å². The van der Waals surface area contributed by atoms with Crippen molar-refractivity contribution in [3.05, 3.63) is 255 Å². The number of anilines is 3. The van der Waals surface area contributed by atoms with Crippen LogP contribution in [-0.2, 0) is 0 Å². The minimum absolute atomic E-state index is 1.09. The number of rotatable bonds is 8. The van der Waals surface area contributed by atoms with Crippen molar-refractivity contribution in [2.45, 2.75) is 0 Å². The van der Waals surface area contributed by atoms with Gasteiger partial charge in [0.1, 0.15) is 0 Å². The Hall–Kier alpha value is -8.46. The molecule has 0 aliphatic carbocycles. The van der Waals surface area contributed by atoms with Crippen molar-refractivity contribution < 1.29 is 0 Å². The Balaban J connectivity index is 0.912. The minimum Gasteiger partial charge on any atom is -0.311 e. The van der Waals surface area contributed by atoms with E-state index in [2.05, 4.69) is 264 Å². The fraction of sp³-hybridized carbons (Fsp3) is 0. The van der Waals surface area contributed by atoms with Gasteiger partial charge in [0.2, 0.25) is 0 Å². The Bertz CT molecular complexity index is 3590. The predicted molar refractivity (Wildman–Crippen MR) is 272 cm³/mol. The van der Waals surface area contributed by atoms with Crippen molar-refractivity contribution in [3.8, 4) is 50.2 Å². The van der Waals surface area contributed by atoms with Gasteiger partial charge >= 0.3 is 0 Å². The van der Waals surface area contributed by atoms with E-state index in [4.69, 9.17) is 0 Å². The van der Waals surface area contributed by atoms with Crippen LogP contribution < -0.4 is 4.90 Å². The van der Waals surface area contributed by atoms with Crippen LogP contribution in [0.4, 0.5) is 17.1 Å². The van der Waals surface area contributed by atoms with Gasteiger partial charge in [-0.05, 0) is 127 Å². The second kappa shape index (κ2) is 15.8. The summed E-state index contributed by atoms with van der Waals surface area (Å²) in [4.78, 5) is 2.36. The zero-order chi connectivity index (χ0) is 42.4. The molecule has 12 aromatic rings. The van der Waals surface area contributed by atoms with Crippen molar-refractivity contribution in [1.29, 1.82) is 0 Å². The molecule has 300 valence electrons. The molecule has 0 atom stereocenters. The molecule has 1 heterocycles. The van der Waals surface area contributed by atoms with Gasteiger partial charge in [-0.1, -0.05) is 188 Å². The SMILES string of the molecule is c1cc(-c2ccc(N(c3ccc(-c4ccc5ccccc5c4)cc3)c3ccc(-c4cccc5ccccc45)cc3)cc2)cc(-c2ccccc2-n2c3ccccc3c3ccccc32)c1. The Morgan fingerprint density at radius 3 is 1.38 bits per heavy atom. The standard InChI is InChI=1S/C62H42N2/c1-2-15-48-41-50(28-27-43(48)13-1)45-31-37-53(38-32-45)63(54-39-33-47(34-40-54)56-23-12-16-46-14-3-4-19-55(46)56)52-35-29-44(30-36-52)49-17-11-18-51(42-49)57-20-5-8-24-60(57)64-61-25-9-6-21-58(61)59-22-7-10-26-62(59)64/h1-42H. The molecule has 0 aliphatic rings. The molecule has 12 rings (SSSR count). The van der Waals surface area contributed by atoms with Crippen LogP contribution in [0.3, 0.4) is 0 Å². The number of hydrogen-bond acceptors (Lipinski definition) is 1. The van der Waals surface area contributed by atoms with Crippen molar-refractivity contribution in [2.24, 2.45) is 0 Å². The third-order valence-corrected chi connectivity index (χ3v) is 12.8. The lowest BCUT2D eigenvalue weighted by atomic mass is 9.97. The third-order valence-electron chi connectivity index (χ3n) is 12.8. The number of para-hydroxylation sites is 3. The number of fused-ring (bicyclic) bond motifs is 5. The van der Waals surface area contributed by atoms with E-state index in [0.717, 1.165) is 22.6 Å². The molecule has 11 aromatic carbocycles. The number of benzene rings is 11. The van der Waals surface area contributed by atoms with Crippen LogP contribution in [0, 0.1) is 0 Å². The molecule has 2 nitrogen and oxygen atoms in total. The lowest BCUT2D eigenvalue weighted by molar-refractivity contribution is 1.18. The van der Waals surface area contributed by atoms with Gasteiger partial charge in [-0.3, -0.25) is 0 Å². The molecule has 0 fully saturated rings. The molecule has 64 heavy (non-hydrogen) atoms. The number of hydrogen-bond donors (Lipinski definition) is 0. The average Bonchev–Trinajstić information content (AvgIpc) is 3.71. The average molecular weight is 815 g/mol. The topological polar surface area (TPSA) is 8.17 Å². The van der Waals surface area contributed by atoms with Crippen LogP contribution in [0.25, 0.3) is 93.5 Å². The first kappa shape index (κ1) is 37.3. The van der Waals surface area contributed by atoms with Crippen LogP contribution in [0.15, 0.2) is 255 Å². The fourth-order valence-electron chi connectivity index (χ4n) is 9.65. The molecule has 0 spiro atoms. The second-order valence-electron chi connectivity index (χ2n) is 16.5. The summed E-state index contributed by atoms with van der Waals surface area (Å²) in [7, 11) is 0. The summed E-state index contributed by atoms with van der Waals surface area (Å²) in [5.74, 6) is 0. The smallest absolute Gasteiger partial charge is 0.0541 e. The highest BCUT2D eigenvalue weighted by molar-refractivity contribution is 6.10. The lowest BCUT2D eigenvalue weighted by Gasteiger charge is -2.26. The van der Waals surface area contributed by atoms with Gasteiger partial charge in [-0.15, -0.1) is 0 Å². The molecule has 2 heteroatoms. The predicted octanol–water partition coefficient (Wildman–Crippen LogP) is 17.2. The number of aromatic nitrogens is 1. The first-order valence-corrected chi connectivity index (χ1v) is 22.0. The van der Waals surface area contributed by atoms with Gasteiger partial charge < -0.3 is 9.47 Å². The molecule has 1 aromatic heterocycles. The molecular formula is C62H42N2. The molecule has 0 radical (unpaired) electrons. The van der Waals surface area contributed by atoms with Crippen molar-refractivity contribution in [3.63, 3.8) is 0 Å². The van der Waals surface area contributed by atoms with Crippen LogP contribution in [0.2, 0.25) is 0 Å². The van der Waals surface area contributed by atoms with E-state index in [1.807, 2.05) is 0 Å². The molecule has 0 bridgehead atoms.